The van der Waals surface area contributed by atoms with Crippen molar-refractivity contribution in [3.05, 3.63) is 42.5 Å². The number of hydrogen-bond acceptors (Lipinski definition) is 5. The molecule has 94 valence electrons. The summed E-state index contributed by atoms with van der Waals surface area (Å²) < 4.78 is 39.2. The van der Waals surface area contributed by atoms with E-state index in [2.05, 4.69) is 14.7 Å². The first-order valence-corrected chi connectivity index (χ1v) is 6.33. The van der Waals surface area contributed by atoms with Crippen LogP contribution in [0.3, 0.4) is 0 Å². The van der Waals surface area contributed by atoms with E-state index in [1.807, 2.05) is 0 Å². The molecule has 2 rings (SSSR count). The fourth-order valence-electron chi connectivity index (χ4n) is 1.28. The van der Waals surface area contributed by atoms with Gasteiger partial charge in [-0.1, -0.05) is 6.07 Å². The van der Waals surface area contributed by atoms with Crippen molar-refractivity contribution >= 4 is 21.7 Å². The van der Waals surface area contributed by atoms with E-state index < -0.39 is 21.5 Å². The van der Waals surface area contributed by atoms with Gasteiger partial charge < -0.3 is 5.73 Å². The van der Waals surface area contributed by atoms with E-state index >= 15 is 0 Å². The highest BCUT2D eigenvalue weighted by Crippen LogP contribution is 2.22. The van der Waals surface area contributed by atoms with E-state index in [0.717, 1.165) is 6.07 Å². The van der Waals surface area contributed by atoms with Crippen molar-refractivity contribution in [3.8, 4) is 0 Å². The van der Waals surface area contributed by atoms with Crippen molar-refractivity contribution in [2.45, 2.75) is 4.90 Å². The highest BCUT2D eigenvalue weighted by atomic mass is 32.2. The predicted octanol–water partition coefficient (Wildman–Crippen LogP) is 0.999. The normalized spacial score (nSPS) is 11.2. The zero-order valence-corrected chi connectivity index (χ0v) is 9.86. The monoisotopic (exact) mass is 268 g/mol. The van der Waals surface area contributed by atoms with Gasteiger partial charge in [-0.2, -0.15) is 0 Å². The fraction of sp³-hybridized carbons (Fsp3) is 0. The number of benzene rings is 1. The first-order valence-electron chi connectivity index (χ1n) is 4.84. The molecule has 6 nitrogen and oxygen atoms in total. The number of nitrogens with zero attached hydrogens (tertiary/aromatic N) is 2. The van der Waals surface area contributed by atoms with Gasteiger partial charge >= 0.3 is 0 Å². The summed E-state index contributed by atoms with van der Waals surface area (Å²) in [7, 11) is -4.01. The van der Waals surface area contributed by atoms with Gasteiger partial charge in [0.2, 0.25) is 5.95 Å². The second-order valence-corrected chi connectivity index (χ2v) is 4.98. The third-order valence-electron chi connectivity index (χ3n) is 2.09. The number of halogens is 1. The smallest absolute Gasteiger partial charge is 0.266 e. The number of nitrogen functional groups attached to an aromatic ring is 1. The molecule has 0 aliphatic heterocycles. The molecule has 0 atom stereocenters. The molecule has 0 bridgehead atoms. The topological polar surface area (TPSA) is 98.0 Å². The summed E-state index contributed by atoms with van der Waals surface area (Å²) in [4.78, 5) is 7.06. The van der Waals surface area contributed by atoms with Gasteiger partial charge in [0.25, 0.3) is 10.0 Å². The second kappa shape index (κ2) is 4.57. The molecule has 0 saturated carbocycles. The summed E-state index contributed by atoms with van der Waals surface area (Å²) in [6.07, 6.45) is 2.75. The molecular formula is C10H9FN4O2S. The minimum Gasteiger partial charge on any atom is -0.395 e. The Balaban J connectivity index is 2.41. The first kappa shape index (κ1) is 12.2. The Hall–Kier alpha value is -2.22. The van der Waals surface area contributed by atoms with Crippen LogP contribution in [-0.4, -0.2) is 18.4 Å². The molecule has 0 radical (unpaired) electrons. The molecule has 0 spiro atoms. The third-order valence-corrected chi connectivity index (χ3v) is 3.48. The average Bonchev–Trinajstić information content (AvgIpc) is 2.33. The fourth-order valence-corrected chi connectivity index (χ4v) is 2.38. The van der Waals surface area contributed by atoms with Crippen LogP contribution in [0.2, 0.25) is 0 Å². The Labute approximate surface area is 103 Å². The molecule has 8 heteroatoms. The first-order chi connectivity index (χ1) is 8.50. The van der Waals surface area contributed by atoms with E-state index in [9.17, 15) is 12.8 Å². The van der Waals surface area contributed by atoms with Crippen molar-refractivity contribution in [2.24, 2.45) is 0 Å². The summed E-state index contributed by atoms with van der Waals surface area (Å²) in [6, 6.07) is 5.07. The number of hydrogen-bond donors (Lipinski definition) is 2. The van der Waals surface area contributed by atoms with Crippen molar-refractivity contribution in [3.63, 3.8) is 0 Å². The molecule has 0 fully saturated rings. The van der Waals surface area contributed by atoms with Crippen LogP contribution in [0.5, 0.6) is 0 Å². The maximum absolute atomic E-state index is 13.2. The molecule has 0 aliphatic rings. The van der Waals surface area contributed by atoms with Crippen LogP contribution in [0.1, 0.15) is 0 Å². The van der Waals surface area contributed by atoms with Crippen LogP contribution in [0.4, 0.5) is 16.0 Å². The predicted molar refractivity (Wildman–Crippen MR) is 63.7 cm³/mol. The number of nitrogens with one attached hydrogen (secondary N) is 1. The van der Waals surface area contributed by atoms with Gasteiger partial charge in [0.15, 0.2) is 0 Å². The van der Waals surface area contributed by atoms with Gasteiger partial charge in [-0.25, -0.2) is 27.5 Å². The van der Waals surface area contributed by atoms with Gasteiger partial charge in [0.1, 0.15) is 10.7 Å². The Morgan fingerprint density at radius 3 is 2.50 bits per heavy atom. The van der Waals surface area contributed by atoms with Crippen LogP contribution in [0, 0.1) is 5.82 Å². The Morgan fingerprint density at radius 2 is 1.83 bits per heavy atom. The van der Waals surface area contributed by atoms with Crippen LogP contribution < -0.4 is 10.5 Å². The van der Waals surface area contributed by atoms with Crippen LogP contribution in [-0.2, 0) is 10.0 Å². The lowest BCUT2D eigenvalue weighted by Gasteiger charge is -2.08. The van der Waals surface area contributed by atoms with Crippen LogP contribution >= 0.6 is 0 Å². The van der Waals surface area contributed by atoms with E-state index in [-0.39, 0.29) is 10.8 Å². The summed E-state index contributed by atoms with van der Waals surface area (Å²) in [5.41, 5.74) is 4.94. The minimum atomic E-state index is -4.01. The molecule has 0 saturated heterocycles. The Bertz CT molecular complexity index is 661. The van der Waals surface area contributed by atoms with Crippen molar-refractivity contribution in [1.82, 2.24) is 9.97 Å². The number of rotatable bonds is 3. The zero-order valence-electron chi connectivity index (χ0n) is 9.04. The van der Waals surface area contributed by atoms with Gasteiger partial charge in [-0.15, -0.1) is 0 Å². The molecular weight excluding hydrogens is 259 g/mol. The van der Waals surface area contributed by atoms with Gasteiger partial charge in [0.05, 0.1) is 5.69 Å². The van der Waals surface area contributed by atoms with Crippen LogP contribution in [0.25, 0.3) is 0 Å². The van der Waals surface area contributed by atoms with Crippen molar-refractivity contribution in [2.75, 3.05) is 10.5 Å². The maximum Gasteiger partial charge on any atom is 0.266 e. The molecule has 0 unspecified atom stereocenters. The number of sulfonamides is 1. The SMILES string of the molecule is Nc1c(F)cccc1S(=O)(=O)Nc1ncccn1. The number of aromatic nitrogens is 2. The third kappa shape index (κ3) is 2.38. The van der Waals surface area contributed by atoms with Gasteiger partial charge in [-0.05, 0) is 18.2 Å². The number of para-hydroxylation sites is 1. The second-order valence-electron chi connectivity index (χ2n) is 3.33. The van der Waals surface area contributed by atoms with Crippen LogP contribution in [0.15, 0.2) is 41.6 Å². The molecule has 2 aromatic rings. The van der Waals surface area contributed by atoms with Gasteiger partial charge in [-0.3, -0.25) is 0 Å². The largest absolute Gasteiger partial charge is 0.395 e. The summed E-state index contributed by atoms with van der Waals surface area (Å²) in [5, 5.41) is 0. The highest BCUT2D eigenvalue weighted by Gasteiger charge is 2.20. The minimum absolute atomic E-state index is 0.110. The van der Waals surface area contributed by atoms with E-state index in [0.29, 0.717) is 0 Å². The lowest BCUT2D eigenvalue weighted by molar-refractivity contribution is 0.597. The number of anilines is 2. The molecule has 1 aromatic carbocycles. The standard InChI is InChI=1S/C10H9FN4O2S/c11-7-3-1-4-8(9(7)12)18(16,17)15-10-13-5-2-6-14-10/h1-6H,12H2,(H,13,14,15). The molecule has 0 amide bonds. The quantitative estimate of drug-likeness (QED) is 0.809. The molecule has 1 aromatic heterocycles. The summed E-state index contributed by atoms with van der Waals surface area (Å²) in [5.74, 6) is -0.909. The molecule has 3 N–H and O–H groups in total. The summed E-state index contributed by atoms with van der Waals surface area (Å²) >= 11 is 0. The summed E-state index contributed by atoms with van der Waals surface area (Å²) in [6.45, 7) is 0. The van der Waals surface area contributed by atoms with E-state index in [4.69, 9.17) is 5.73 Å². The maximum atomic E-state index is 13.2. The van der Waals surface area contributed by atoms with Crippen molar-refractivity contribution < 1.29 is 12.8 Å². The molecule has 1 heterocycles. The highest BCUT2D eigenvalue weighted by molar-refractivity contribution is 7.92. The molecule has 0 aliphatic carbocycles. The van der Waals surface area contributed by atoms with E-state index in [1.54, 1.807) is 0 Å². The number of nitrogens with two attached hydrogens (primary N) is 1. The Kier molecular flexibility index (Phi) is 3.11. The molecule has 18 heavy (non-hydrogen) atoms. The van der Waals surface area contributed by atoms with Gasteiger partial charge in [0, 0.05) is 12.4 Å². The lowest BCUT2D eigenvalue weighted by Crippen LogP contribution is -2.17. The van der Waals surface area contributed by atoms with Crippen molar-refractivity contribution in [1.29, 1.82) is 0 Å². The lowest BCUT2D eigenvalue weighted by atomic mass is 10.3. The average molecular weight is 268 g/mol. The zero-order chi connectivity index (χ0) is 13.2. The van der Waals surface area contributed by atoms with E-state index in [1.165, 1.54) is 30.6 Å². The Morgan fingerprint density at radius 1 is 1.17 bits per heavy atom.